The molecule has 8 aromatic rings. The molecule has 0 unspecified atom stereocenters. The Kier molecular flexibility index (Phi) is 5.82. The van der Waals surface area contributed by atoms with E-state index in [1.54, 1.807) is 0 Å². The molecule has 42 heavy (non-hydrogen) atoms. The largest absolute Gasteiger partial charge is 0.264 e. The van der Waals surface area contributed by atoms with Crippen LogP contribution in [0.3, 0.4) is 0 Å². The Hall–Kier alpha value is -5.60. The zero-order valence-corrected chi connectivity index (χ0v) is 22.9. The lowest BCUT2D eigenvalue weighted by Gasteiger charge is -2.19. The average Bonchev–Trinajstić information content (AvgIpc) is 3.07. The summed E-state index contributed by atoms with van der Waals surface area (Å²) in [5.41, 5.74) is 9.32. The molecule has 0 aliphatic rings. The molecule has 0 fully saturated rings. The first kappa shape index (κ1) is 24.2. The number of hydrogen-bond donors (Lipinski definition) is 0. The van der Waals surface area contributed by atoms with E-state index in [1.807, 2.05) is 36.8 Å². The standard InChI is InChI=1S/C40H26N2/c1-2-12-32-29(10-1)24-31(30-11-9-22-41-26-30)25-37(32)40-35-15-5-3-13-33(35)39(34-14-4-6-16-36(34)40)28-20-18-27(19-21-28)38-17-7-8-23-42-38/h1-26H. The Bertz CT molecular complexity index is 2160. The van der Waals surface area contributed by atoms with Gasteiger partial charge in [0.25, 0.3) is 0 Å². The third kappa shape index (κ3) is 4.05. The lowest BCUT2D eigenvalue weighted by Crippen LogP contribution is -1.92. The average molecular weight is 535 g/mol. The van der Waals surface area contributed by atoms with Crippen molar-refractivity contribution in [1.29, 1.82) is 0 Å². The topological polar surface area (TPSA) is 25.8 Å². The Morgan fingerprint density at radius 1 is 0.381 bits per heavy atom. The van der Waals surface area contributed by atoms with E-state index in [0.717, 1.165) is 16.8 Å². The lowest BCUT2D eigenvalue weighted by molar-refractivity contribution is 1.33. The molecule has 0 N–H and O–H groups in total. The minimum absolute atomic E-state index is 0.981. The van der Waals surface area contributed by atoms with Gasteiger partial charge in [-0.3, -0.25) is 9.97 Å². The molecule has 2 heterocycles. The molecular formula is C40H26N2. The molecule has 8 rings (SSSR count). The summed E-state index contributed by atoms with van der Waals surface area (Å²) in [7, 11) is 0. The first-order valence-electron chi connectivity index (χ1n) is 14.2. The molecule has 0 aliphatic heterocycles. The first-order valence-corrected chi connectivity index (χ1v) is 14.2. The van der Waals surface area contributed by atoms with Crippen molar-refractivity contribution in [3.63, 3.8) is 0 Å². The quantitative estimate of drug-likeness (QED) is 0.210. The van der Waals surface area contributed by atoms with Crippen molar-refractivity contribution in [3.8, 4) is 44.6 Å². The smallest absolute Gasteiger partial charge is 0.0701 e. The van der Waals surface area contributed by atoms with Gasteiger partial charge in [0.05, 0.1) is 5.69 Å². The summed E-state index contributed by atoms with van der Waals surface area (Å²) in [6.45, 7) is 0. The molecule has 2 nitrogen and oxygen atoms in total. The van der Waals surface area contributed by atoms with Gasteiger partial charge in [0, 0.05) is 29.7 Å². The monoisotopic (exact) mass is 534 g/mol. The van der Waals surface area contributed by atoms with Crippen LogP contribution in [-0.2, 0) is 0 Å². The van der Waals surface area contributed by atoms with Gasteiger partial charge in [0.1, 0.15) is 0 Å². The van der Waals surface area contributed by atoms with Gasteiger partial charge in [-0.25, -0.2) is 0 Å². The van der Waals surface area contributed by atoms with Gasteiger partial charge < -0.3 is 0 Å². The minimum Gasteiger partial charge on any atom is -0.264 e. The summed E-state index contributed by atoms with van der Waals surface area (Å²) in [6, 6.07) is 50.0. The fourth-order valence-electron chi connectivity index (χ4n) is 6.29. The fraction of sp³-hybridized carbons (Fsp3) is 0. The zero-order chi connectivity index (χ0) is 27.9. The molecule has 0 spiro atoms. The van der Waals surface area contributed by atoms with Crippen LogP contribution >= 0.6 is 0 Å². The van der Waals surface area contributed by atoms with E-state index in [2.05, 4.69) is 131 Å². The molecule has 0 bridgehead atoms. The van der Waals surface area contributed by atoms with Crippen molar-refractivity contribution in [1.82, 2.24) is 9.97 Å². The van der Waals surface area contributed by atoms with Gasteiger partial charge in [-0.15, -0.1) is 0 Å². The SMILES string of the molecule is c1ccc(-c2ccc(-c3c4ccccc4c(-c4cc(-c5cccnc5)cc5ccccc45)c4ccccc34)cc2)nc1. The highest BCUT2D eigenvalue weighted by atomic mass is 14.7. The molecular weight excluding hydrogens is 508 g/mol. The van der Waals surface area contributed by atoms with E-state index in [-0.39, 0.29) is 0 Å². The second-order valence-corrected chi connectivity index (χ2v) is 10.6. The second-order valence-electron chi connectivity index (χ2n) is 10.6. The summed E-state index contributed by atoms with van der Waals surface area (Å²) in [6.07, 6.45) is 5.62. The molecule has 196 valence electrons. The predicted octanol–water partition coefficient (Wildman–Crippen LogP) is 10.6. The summed E-state index contributed by atoms with van der Waals surface area (Å²) in [4.78, 5) is 8.96. The maximum absolute atomic E-state index is 4.55. The van der Waals surface area contributed by atoms with E-state index >= 15 is 0 Å². The highest BCUT2D eigenvalue weighted by molar-refractivity contribution is 6.23. The highest BCUT2D eigenvalue weighted by Gasteiger charge is 2.19. The highest BCUT2D eigenvalue weighted by Crippen LogP contribution is 2.46. The van der Waals surface area contributed by atoms with Crippen LogP contribution in [0.5, 0.6) is 0 Å². The Balaban J connectivity index is 1.43. The Morgan fingerprint density at radius 3 is 1.64 bits per heavy atom. The molecule has 2 aromatic heterocycles. The Morgan fingerprint density at radius 2 is 1.00 bits per heavy atom. The molecule has 6 aromatic carbocycles. The number of hydrogen-bond acceptors (Lipinski definition) is 2. The number of rotatable bonds is 4. The molecule has 0 saturated carbocycles. The molecule has 0 atom stereocenters. The van der Waals surface area contributed by atoms with Crippen LogP contribution in [0.2, 0.25) is 0 Å². The van der Waals surface area contributed by atoms with E-state index in [0.29, 0.717) is 0 Å². The maximum Gasteiger partial charge on any atom is 0.0701 e. The summed E-state index contributed by atoms with van der Waals surface area (Å²) in [5, 5.41) is 7.44. The van der Waals surface area contributed by atoms with Crippen LogP contribution in [0.1, 0.15) is 0 Å². The lowest BCUT2D eigenvalue weighted by atomic mass is 9.83. The second kappa shape index (κ2) is 10.1. The van der Waals surface area contributed by atoms with Gasteiger partial charge in [-0.2, -0.15) is 0 Å². The number of aromatic nitrogens is 2. The van der Waals surface area contributed by atoms with Crippen molar-refractivity contribution in [3.05, 3.63) is 158 Å². The van der Waals surface area contributed by atoms with Crippen LogP contribution in [0.4, 0.5) is 0 Å². The van der Waals surface area contributed by atoms with Gasteiger partial charge in [0.15, 0.2) is 0 Å². The maximum atomic E-state index is 4.55. The molecule has 0 saturated heterocycles. The van der Waals surface area contributed by atoms with E-state index in [1.165, 1.54) is 60.1 Å². The molecule has 0 aliphatic carbocycles. The molecule has 0 amide bonds. The van der Waals surface area contributed by atoms with Crippen molar-refractivity contribution in [2.45, 2.75) is 0 Å². The Labute approximate surface area is 244 Å². The van der Waals surface area contributed by atoms with Crippen LogP contribution in [0.15, 0.2) is 158 Å². The third-order valence-electron chi connectivity index (χ3n) is 8.19. The van der Waals surface area contributed by atoms with Crippen LogP contribution < -0.4 is 0 Å². The predicted molar refractivity (Wildman–Crippen MR) is 176 cm³/mol. The summed E-state index contributed by atoms with van der Waals surface area (Å²) >= 11 is 0. The summed E-state index contributed by atoms with van der Waals surface area (Å²) in [5.74, 6) is 0. The minimum atomic E-state index is 0.981. The molecule has 2 heteroatoms. The van der Waals surface area contributed by atoms with Crippen molar-refractivity contribution in [2.24, 2.45) is 0 Å². The van der Waals surface area contributed by atoms with E-state index in [4.69, 9.17) is 0 Å². The summed E-state index contributed by atoms with van der Waals surface area (Å²) < 4.78 is 0. The fourth-order valence-corrected chi connectivity index (χ4v) is 6.29. The number of nitrogens with zero attached hydrogens (tertiary/aromatic N) is 2. The molecule has 0 radical (unpaired) electrons. The first-order chi connectivity index (χ1) is 20.8. The normalized spacial score (nSPS) is 11.3. The van der Waals surface area contributed by atoms with Crippen molar-refractivity contribution < 1.29 is 0 Å². The van der Waals surface area contributed by atoms with Gasteiger partial charge in [-0.1, -0.05) is 109 Å². The number of pyridine rings is 2. The van der Waals surface area contributed by atoms with Crippen LogP contribution in [0, 0.1) is 0 Å². The van der Waals surface area contributed by atoms with Gasteiger partial charge in [0.2, 0.25) is 0 Å². The van der Waals surface area contributed by atoms with Gasteiger partial charge in [-0.05, 0) is 90.5 Å². The zero-order valence-electron chi connectivity index (χ0n) is 22.9. The number of fused-ring (bicyclic) bond motifs is 3. The van der Waals surface area contributed by atoms with Crippen molar-refractivity contribution in [2.75, 3.05) is 0 Å². The van der Waals surface area contributed by atoms with Gasteiger partial charge >= 0.3 is 0 Å². The van der Waals surface area contributed by atoms with Crippen LogP contribution in [0.25, 0.3) is 77.0 Å². The van der Waals surface area contributed by atoms with E-state index in [9.17, 15) is 0 Å². The van der Waals surface area contributed by atoms with E-state index < -0.39 is 0 Å². The van der Waals surface area contributed by atoms with Crippen molar-refractivity contribution >= 4 is 32.3 Å². The third-order valence-corrected chi connectivity index (χ3v) is 8.19. The number of benzene rings is 6. The van der Waals surface area contributed by atoms with Crippen LogP contribution in [-0.4, -0.2) is 9.97 Å².